The summed E-state index contributed by atoms with van der Waals surface area (Å²) in [5, 5.41) is 29.5. The zero-order chi connectivity index (χ0) is 30.2. The Bertz CT molecular complexity index is 1260. The number of aliphatic carboxylic acids is 1. The van der Waals surface area contributed by atoms with Gasteiger partial charge < -0.3 is 37.2 Å². The molecule has 0 spiro atoms. The van der Waals surface area contributed by atoms with E-state index in [1.165, 1.54) is 12.1 Å². The number of aromatic hydroxyl groups is 1. The van der Waals surface area contributed by atoms with Crippen LogP contribution in [0.1, 0.15) is 25.0 Å². The molecule has 0 bridgehead atoms. The van der Waals surface area contributed by atoms with Crippen molar-refractivity contribution in [1.82, 2.24) is 21.3 Å². The number of amides is 4. The summed E-state index contributed by atoms with van der Waals surface area (Å²) in [4.78, 5) is 64.2. The first-order chi connectivity index (χ1) is 19.4. The maximum Gasteiger partial charge on any atom is 0.327 e. The summed E-state index contributed by atoms with van der Waals surface area (Å²) < 4.78 is -1.08. The smallest absolute Gasteiger partial charge is 0.327 e. The molecule has 41 heavy (non-hydrogen) atoms. The zero-order valence-electron chi connectivity index (χ0n) is 22.8. The van der Waals surface area contributed by atoms with Crippen LogP contribution in [-0.2, 0) is 36.8 Å². The minimum absolute atomic E-state index is 0.0671. The van der Waals surface area contributed by atoms with Crippen molar-refractivity contribution in [3.05, 3.63) is 65.7 Å². The van der Waals surface area contributed by atoms with Gasteiger partial charge in [0.2, 0.25) is 23.6 Å². The average Bonchev–Trinajstić information content (AvgIpc) is 2.93. The first-order valence-corrected chi connectivity index (χ1v) is 14.0. The zero-order valence-corrected chi connectivity index (χ0v) is 23.6. The second kappa shape index (κ2) is 14.0. The molecule has 1 aliphatic heterocycles. The maximum atomic E-state index is 13.3. The van der Waals surface area contributed by atoms with Crippen molar-refractivity contribution in [2.24, 2.45) is 5.73 Å². The Morgan fingerprint density at radius 1 is 1.02 bits per heavy atom. The number of hydrogen-bond donors (Lipinski definition) is 7. The van der Waals surface area contributed by atoms with E-state index in [0.717, 1.165) is 17.3 Å². The number of rotatable bonds is 7. The Hall–Kier alpha value is -4.10. The molecule has 8 N–H and O–H groups in total. The monoisotopic (exact) mass is 585 g/mol. The highest BCUT2D eigenvalue weighted by Crippen LogP contribution is 2.29. The van der Waals surface area contributed by atoms with Crippen LogP contribution in [0.25, 0.3) is 0 Å². The van der Waals surface area contributed by atoms with E-state index in [4.69, 9.17) is 5.73 Å². The van der Waals surface area contributed by atoms with Crippen molar-refractivity contribution < 1.29 is 34.2 Å². The molecule has 3 rings (SSSR count). The second-order valence-corrected chi connectivity index (χ2v) is 11.9. The predicted octanol–water partition coefficient (Wildman–Crippen LogP) is -0.315. The lowest BCUT2D eigenvalue weighted by Gasteiger charge is -2.34. The molecule has 2 aromatic rings. The topological polar surface area (TPSA) is 200 Å². The van der Waals surface area contributed by atoms with Crippen molar-refractivity contribution in [1.29, 1.82) is 0 Å². The Morgan fingerprint density at radius 2 is 1.68 bits per heavy atom. The largest absolute Gasteiger partial charge is 0.508 e. The first-order valence-electron chi connectivity index (χ1n) is 13.0. The van der Waals surface area contributed by atoms with E-state index >= 15 is 0 Å². The molecule has 0 radical (unpaired) electrons. The molecule has 4 atom stereocenters. The molecule has 1 unspecified atom stereocenters. The van der Waals surface area contributed by atoms with Crippen LogP contribution in [0.15, 0.2) is 54.6 Å². The van der Waals surface area contributed by atoms with Crippen LogP contribution in [0.3, 0.4) is 0 Å². The standard InChI is InChI=1S/C28H35N5O7S/c1-28(2)23(33-24(36)19(29)12-17-8-10-18(34)11-9-17)26(38)30-14-22(35)31-20(13-16-6-4-3-5-7-16)25(37)32-21(15-41-28)27(39)40/h3-11,19-21,23,34H,12-15,29H2,1-2H3,(H,30,38)(H,31,35)(H,32,37)(H,33,36)(H,39,40)/t19-,20-,21?,23+/m0/s1. The van der Waals surface area contributed by atoms with E-state index in [9.17, 15) is 34.2 Å². The van der Waals surface area contributed by atoms with Gasteiger partial charge in [0, 0.05) is 16.9 Å². The van der Waals surface area contributed by atoms with Gasteiger partial charge in [-0.2, -0.15) is 11.8 Å². The normalized spacial score (nSPS) is 22.4. The van der Waals surface area contributed by atoms with E-state index in [1.807, 2.05) is 0 Å². The Labute approximate surface area is 241 Å². The van der Waals surface area contributed by atoms with Gasteiger partial charge >= 0.3 is 5.97 Å². The molecule has 220 valence electrons. The van der Waals surface area contributed by atoms with Gasteiger partial charge in [-0.3, -0.25) is 19.2 Å². The number of carbonyl (C=O) groups excluding carboxylic acids is 4. The maximum absolute atomic E-state index is 13.3. The SMILES string of the molecule is CC1(C)SCC(C(=O)O)NC(=O)[C@H](Cc2ccccc2)NC(=O)CNC(=O)[C@H]1NC(=O)[C@@H](N)Cc1ccc(O)cc1. The lowest BCUT2D eigenvalue weighted by atomic mass is 10.00. The number of carboxylic acids is 1. The Kier molecular flexibility index (Phi) is 10.7. The molecule has 13 heteroatoms. The fourth-order valence-electron chi connectivity index (χ4n) is 4.19. The van der Waals surface area contributed by atoms with Crippen molar-refractivity contribution in [2.45, 2.75) is 55.6 Å². The van der Waals surface area contributed by atoms with Crippen LogP contribution >= 0.6 is 11.8 Å². The number of thioether (sulfide) groups is 1. The molecule has 1 saturated heterocycles. The summed E-state index contributed by atoms with van der Waals surface area (Å²) >= 11 is 1.07. The number of hydrogen-bond acceptors (Lipinski definition) is 8. The van der Waals surface area contributed by atoms with Gasteiger partial charge in [-0.1, -0.05) is 42.5 Å². The van der Waals surface area contributed by atoms with Crippen molar-refractivity contribution in [3.8, 4) is 5.75 Å². The fraction of sp³-hybridized carbons (Fsp3) is 0.393. The Morgan fingerprint density at radius 3 is 2.32 bits per heavy atom. The van der Waals surface area contributed by atoms with Crippen molar-refractivity contribution in [2.75, 3.05) is 12.3 Å². The third kappa shape index (κ3) is 9.22. The number of carboxylic acid groups (broad SMARTS) is 1. The lowest BCUT2D eigenvalue weighted by Crippen LogP contribution is -2.60. The van der Waals surface area contributed by atoms with Crippen molar-refractivity contribution >= 4 is 41.4 Å². The predicted molar refractivity (Wildman–Crippen MR) is 153 cm³/mol. The minimum atomic E-state index is -1.33. The third-order valence-corrected chi connectivity index (χ3v) is 8.05. The van der Waals surface area contributed by atoms with Gasteiger partial charge in [-0.05, 0) is 43.5 Å². The lowest BCUT2D eigenvalue weighted by molar-refractivity contribution is -0.141. The van der Waals surface area contributed by atoms with Gasteiger partial charge in [0.15, 0.2) is 0 Å². The quantitative estimate of drug-likeness (QED) is 0.228. The van der Waals surface area contributed by atoms with Gasteiger partial charge in [0.1, 0.15) is 23.9 Å². The molecule has 4 amide bonds. The summed E-state index contributed by atoms with van der Waals surface area (Å²) in [7, 11) is 0. The fourth-order valence-corrected chi connectivity index (χ4v) is 5.34. The molecule has 1 heterocycles. The van der Waals surface area contributed by atoms with Crippen LogP contribution < -0.4 is 27.0 Å². The summed E-state index contributed by atoms with van der Waals surface area (Å²) in [6, 6.07) is 10.4. The van der Waals surface area contributed by atoms with Crippen LogP contribution in [-0.4, -0.2) is 81.0 Å². The van der Waals surface area contributed by atoms with E-state index in [0.29, 0.717) is 5.56 Å². The molecular formula is C28H35N5O7S. The van der Waals surface area contributed by atoms with Gasteiger partial charge in [-0.25, -0.2) is 4.79 Å². The third-order valence-electron chi connectivity index (χ3n) is 6.57. The number of benzene rings is 2. The van der Waals surface area contributed by atoms with Crippen LogP contribution in [0, 0.1) is 0 Å². The number of nitrogens with one attached hydrogen (secondary N) is 4. The number of phenols is 1. The van der Waals surface area contributed by atoms with Crippen LogP contribution in [0.4, 0.5) is 0 Å². The van der Waals surface area contributed by atoms with E-state index < -0.39 is 65.1 Å². The number of carbonyl (C=O) groups is 5. The van der Waals surface area contributed by atoms with E-state index in [2.05, 4.69) is 21.3 Å². The van der Waals surface area contributed by atoms with Gasteiger partial charge in [0.25, 0.3) is 0 Å². The van der Waals surface area contributed by atoms with Crippen LogP contribution in [0.2, 0.25) is 0 Å². The summed E-state index contributed by atoms with van der Waals surface area (Å²) in [5.41, 5.74) is 7.55. The highest BCUT2D eigenvalue weighted by atomic mass is 32.2. The summed E-state index contributed by atoms with van der Waals surface area (Å²) in [6.45, 7) is 2.81. The summed E-state index contributed by atoms with van der Waals surface area (Å²) in [6.07, 6.45) is 0.237. The molecule has 0 aromatic heterocycles. The minimum Gasteiger partial charge on any atom is -0.508 e. The molecule has 0 saturated carbocycles. The number of nitrogens with two attached hydrogens (primary N) is 1. The van der Waals surface area contributed by atoms with Gasteiger partial charge in [0.05, 0.1) is 12.6 Å². The molecule has 1 fully saturated rings. The first kappa shape index (κ1) is 31.4. The molecule has 2 aromatic carbocycles. The van der Waals surface area contributed by atoms with Crippen molar-refractivity contribution in [3.63, 3.8) is 0 Å². The highest BCUT2D eigenvalue weighted by Gasteiger charge is 2.40. The molecule has 0 aliphatic carbocycles. The van der Waals surface area contributed by atoms with Gasteiger partial charge in [-0.15, -0.1) is 0 Å². The van der Waals surface area contributed by atoms with Crippen LogP contribution in [0.5, 0.6) is 5.75 Å². The number of phenolic OH excluding ortho intramolecular Hbond substituents is 1. The van der Waals surface area contributed by atoms with E-state index in [-0.39, 0.29) is 24.3 Å². The second-order valence-electron chi connectivity index (χ2n) is 10.3. The highest BCUT2D eigenvalue weighted by molar-refractivity contribution is 8.00. The average molecular weight is 586 g/mol. The molecular weight excluding hydrogens is 550 g/mol. The molecule has 1 aliphatic rings. The van der Waals surface area contributed by atoms with E-state index in [1.54, 1.807) is 56.3 Å². The Balaban J connectivity index is 1.81. The summed E-state index contributed by atoms with van der Waals surface area (Å²) in [5.74, 6) is -4.00. The molecule has 12 nitrogen and oxygen atoms in total.